The molecule has 0 saturated carbocycles. The number of nitrogens with one attached hydrogen (secondary N) is 1. The summed E-state index contributed by atoms with van der Waals surface area (Å²) in [6.07, 6.45) is 0. The van der Waals surface area contributed by atoms with Gasteiger partial charge in [0.25, 0.3) is 0 Å². The van der Waals surface area contributed by atoms with Crippen LogP contribution in [0.25, 0.3) is 11.4 Å². The molecular weight excluding hydrogens is 260 g/mol. The van der Waals surface area contributed by atoms with Crippen molar-refractivity contribution in [3.63, 3.8) is 0 Å². The largest absolute Gasteiger partial charge is 0.349 e. The number of rotatable bonds is 4. The second kappa shape index (κ2) is 5.79. The molecule has 0 unspecified atom stereocenters. The molecule has 0 bridgehead atoms. The topological polar surface area (TPSA) is 58.1 Å². The van der Waals surface area contributed by atoms with Crippen LogP contribution in [0.2, 0.25) is 0 Å². The van der Waals surface area contributed by atoms with Gasteiger partial charge in [-0.1, -0.05) is 30.3 Å². The van der Waals surface area contributed by atoms with Gasteiger partial charge in [0.05, 0.1) is 0 Å². The minimum atomic E-state index is -0.313. The highest BCUT2D eigenvalue weighted by atomic mass is 32.1. The summed E-state index contributed by atoms with van der Waals surface area (Å²) >= 11 is 1.26. The molecule has 1 aromatic carbocycles. The summed E-state index contributed by atoms with van der Waals surface area (Å²) in [5, 5.41) is 3.72. The van der Waals surface area contributed by atoms with E-state index in [2.05, 4.69) is 14.7 Å². The zero-order valence-corrected chi connectivity index (χ0v) is 11.9. The van der Waals surface area contributed by atoms with Crippen molar-refractivity contribution in [1.29, 1.82) is 0 Å². The van der Waals surface area contributed by atoms with Crippen LogP contribution in [0, 0.1) is 0 Å². The predicted octanol–water partition coefficient (Wildman–Crippen LogP) is 2.09. The molecule has 0 spiro atoms. The Morgan fingerprint density at radius 1 is 1.32 bits per heavy atom. The van der Waals surface area contributed by atoms with Gasteiger partial charge >= 0.3 is 0 Å². The van der Waals surface area contributed by atoms with Crippen LogP contribution in [-0.2, 0) is 4.79 Å². The standard InChI is InChI=1S/C13H16N4OS/c1-9(12(18)17(2)3)14-13-15-11(16-19-13)10-7-5-4-6-8-10/h4-9H,1-3H3,(H,14,15,16)/t9-/m0/s1. The smallest absolute Gasteiger partial charge is 0.244 e. The molecule has 0 fully saturated rings. The first-order valence-electron chi connectivity index (χ1n) is 5.95. The van der Waals surface area contributed by atoms with E-state index in [1.165, 1.54) is 11.5 Å². The third-order valence-electron chi connectivity index (χ3n) is 2.61. The first-order chi connectivity index (χ1) is 9.08. The average Bonchev–Trinajstić information content (AvgIpc) is 2.87. The molecule has 0 aliphatic carbocycles. The summed E-state index contributed by atoms with van der Waals surface area (Å²) in [6, 6.07) is 9.45. The van der Waals surface area contributed by atoms with E-state index in [1.54, 1.807) is 19.0 Å². The van der Waals surface area contributed by atoms with E-state index in [0.29, 0.717) is 11.0 Å². The quantitative estimate of drug-likeness (QED) is 0.929. The fourth-order valence-electron chi connectivity index (χ4n) is 1.62. The van der Waals surface area contributed by atoms with Crippen molar-refractivity contribution in [3.05, 3.63) is 30.3 Å². The third-order valence-corrected chi connectivity index (χ3v) is 3.26. The molecule has 2 rings (SSSR count). The highest BCUT2D eigenvalue weighted by Crippen LogP contribution is 2.21. The Labute approximate surface area is 116 Å². The minimum absolute atomic E-state index is 0.0106. The molecular formula is C13H16N4OS. The van der Waals surface area contributed by atoms with Crippen LogP contribution in [0.1, 0.15) is 6.92 Å². The van der Waals surface area contributed by atoms with Crippen molar-refractivity contribution in [2.45, 2.75) is 13.0 Å². The SMILES string of the molecule is C[C@H](Nc1nc(-c2ccccc2)ns1)C(=O)N(C)C. The number of hydrogen-bond donors (Lipinski definition) is 1. The predicted molar refractivity (Wildman–Crippen MR) is 77.1 cm³/mol. The van der Waals surface area contributed by atoms with E-state index in [1.807, 2.05) is 37.3 Å². The Kier molecular flexibility index (Phi) is 4.11. The van der Waals surface area contributed by atoms with Crippen molar-refractivity contribution in [2.75, 3.05) is 19.4 Å². The average molecular weight is 276 g/mol. The van der Waals surface area contributed by atoms with E-state index in [0.717, 1.165) is 5.56 Å². The lowest BCUT2D eigenvalue weighted by atomic mass is 10.2. The van der Waals surface area contributed by atoms with Crippen LogP contribution in [0.15, 0.2) is 30.3 Å². The fraction of sp³-hybridized carbons (Fsp3) is 0.308. The zero-order chi connectivity index (χ0) is 13.8. The molecule has 0 aliphatic rings. The van der Waals surface area contributed by atoms with Crippen molar-refractivity contribution in [1.82, 2.24) is 14.3 Å². The van der Waals surface area contributed by atoms with Gasteiger partial charge < -0.3 is 10.2 Å². The lowest BCUT2D eigenvalue weighted by molar-refractivity contribution is -0.129. The maximum atomic E-state index is 11.7. The molecule has 1 N–H and O–H groups in total. The van der Waals surface area contributed by atoms with Gasteiger partial charge in [-0.2, -0.15) is 9.36 Å². The zero-order valence-electron chi connectivity index (χ0n) is 11.1. The third kappa shape index (κ3) is 3.29. The van der Waals surface area contributed by atoms with Crippen LogP contribution in [0.3, 0.4) is 0 Å². The van der Waals surface area contributed by atoms with Crippen LogP contribution < -0.4 is 5.32 Å². The summed E-state index contributed by atoms with van der Waals surface area (Å²) in [6.45, 7) is 1.81. The number of aromatic nitrogens is 2. The summed E-state index contributed by atoms with van der Waals surface area (Å²) < 4.78 is 4.29. The van der Waals surface area contributed by atoms with E-state index in [4.69, 9.17) is 0 Å². The molecule has 1 aromatic heterocycles. The molecule has 0 saturated heterocycles. The summed E-state index contributed by atoms with van der Waals surface area (Å²) in [5.74, 6) is 0.689. The molecule has 0 radical (unpaired) electrons. The normalized spacial score (nSPS) is 11.9. The number of hydrogen-bond acceptors (Lipinski definition) is 5. The number of likely N-dealkylation sites (N-methyl/N-ethyl adjacent to an activating group) is 1. The number of carbonyl (C=O) groups excluding carboxylic acids is 1. The van der Waals surface area contributed by atoms with Crippen LogP contribution in [0.5, 0.6) is 0 Å². The fourth-order valence-corrected chi connectivity index (χ4v) is 2.30. The molecule has 6 heteroatoms. The van der Waals surface area contributed by atoms with E-state index in [-0.39, 0.29) is 11.9 Å². The Bertz CT molecular complexity index is 553. The van der Waals surface area contributed by atoms with Gasteiger partial charge in [-0.25, -0.2) is 0 Å². The van der Waals surface area contributed by atoms with Crippen LogP contribution in [0.4, 0.5) is 5.13 Å². The molecule has 2 aromatic rings. The first-order valence-corrected chi connectivity index (χ1v) is 6.72. The number of nitrogens with zero attached hydrogens (tertiary/aromatic N) is 3. The number of carbonyl (C=O) groups is 1. The van der Waals surface area contributed by atoms with Gasteiger partial charge in [0.1, 0.15) is 6.04 Å². The van der Waals surface area contributed by atoms with Crippen LogP contribution in [-0.4, -0.2) is 40.3 Å². The van der Waals surface area contributed by atoms with Crippen LogP contribution >= 0.6 is 11.5 Å². The molecule has 1 amide bonds. The Hall–Kier alpha value is -1.95. The van der Waals surface area contributed by atoms with Gasteiger partial charge in [-0.3, -0.25) is 4.79 Å². The van der Waals surface area contributed by atoms with E-state index < -0.39 is 0 Å². The Morgan fingerprint density at radius 2 is 2.00 bits per heavy atom. The summed E-state index contributed by atoms with van der Waals surface area (Å²) in [4.78, 5) is 17.7. The van der Waals surface area contributed by atoms with E-state index >= 15 is 0 Å². The highest BCUT2D eigenvalue weighted by molar-refractivity contribution is 7.09. The summed E-state index contributed by atoms with van der Waals surface area (Å²) in [5.41, 5.74) is 0.971. The van der Waals surface area contributed by atoms with Gasteiger partial charge in [-0.05, 0) is 6.92 Å². The lowest BCUT2D eigenvalue weighted by Gasteiger charge is -2.16. The second-order valence-electron chi connectivity index (χ2n) is 4.39. The molecule has 1 atom stereocenters. The molecule has 0 aliphatic heterocycles. The monoisotopic (exact) mass is 276 g/mol. The van der Waals surface area contributed by atoms with Gasteiger partial charge in [0.15, 0.2) is 5.82 Å². The molecule has 5 nitrogen and oxygen atoms in total. The Balaban J connectivity index is 2.08. The lowest BCUT2D eigenvalue weighted by Crippen LogP contribution is -2.36. The van der Waals surface area contributed by atoms with Crippen molar-refractivity contribution < 1.29 is 4.79 Å². The maximum absolute atomic E-state index is 11.7. The van der Waals surface area contributed by atoms with Gasteiger partial charge in [-0.15, -0.1) is 0 Å². The Morgan fingerprint density at radius 3 is 2.63 bits per heavy atom. The van der Waals surface area contributed by atoms with Crippen molar-refractivity contribution in [3.8, 4) is 11.4 Å². The van der Waals surface area contributed by atoms with E-state index in [9.17, 15) is 4.79 Å². The molecule has 19 heavy (non-hydrogen) atoms. The van der Waals surface area contributed by atoms with Gasteiger partial charge in [0, 0.05) is 31.2 Å². The van der Waals surface area contributed by atoms with Gasteiger partial charge in [0.2, 0.25) is 11.0 Å². The molecule has 100 valence electrons. The van der Waals surface area contributed by atoms with Crippen molar-refractivity contribution in [2.24, 2.45) is 0 Å². The molecule has 1 heterocycles. The number of amides is 1. The first kappa shape index (κ1) is 13.5. The van der Waals surface area contributed by atoms with Crippen molar-refractivity contribution >= 4 is 22.6 Å². The number of benzene rings is 1. The summed E-state index contributed by atoms with van der Waals surface area (Å²) in [7, 11) is 3.46. The highest BCUT2D eigenvalue weighted by Gasteiger charge is 2.16. The number of anilines is 1. The second-order valence-corrected chi connectivity index (χ2v) is 5.14. The maximum Gasteiger partial charge on any atom is 0.244 e. The minimum Gasteiger partial charge on any atom is -0.349 e.